The Hall–Kier alpha value is -2.88. The van der Waals surface area contributed by atoms with Gasteiger partial charge in [0.15, 0.2) is 0 Å². The summed E-state index contributed by atoms with van der Waals surface area (Å²) in [5.41, 5.74) is 1.04. The van der Waals surface area contributed by atoms with Gasteiger partial charge in [0.05, 0.1) is 18.4 Å². The van der Waals surface area contributed by atoms with Crippen molar-refractivity contribution in [2.45, 2.75) is 17.6 Å². The number of hydrogen-bond acceptors (Lipinski definition) is 7. The molecule has 1 saturated heterocycles. The highest BCUT2D eigenvalue weighted by molar-refractivity contribution is 8.00. The van der Waals surface area contributed by atoms with Crippen LogP contribution in [-0.4, -0.2) is 47.5 Å². The number of carbonyl (C=O) groups is 3. The summed E-state index contributed by atoms with van der Waals surface area (Å²) >= 11 is 1.15. The average Bonchev–Trinajstić information content (AvgIpc) is 2.72. The van der Waals surface area contributed by atoms with Crippen LogP contribution >= 0.6 is 11.8 Å². The fraction of sp³-hybridized carbons (Fsp3) is 0.250. The molecule has 0 aromatic heterocycles. The molecule has 0 aliphatic carbocycles. The van der Waals surface area contributed by atoms with E-state index >= 15 is 0 Å². The van der Waals surface area contributed by atoms with E-state index in [1.54, 1.807) is 48.5 Å². The van der Waals surface area contributed by atoms with Crippen LogP contribution in [0.4, 0.5) is 5.69 Å². The normalized spacial score (nSPS) is 21.2. The summed E-state index contributed by atoms with van der Waals surface area (Å²) in [6.07, 6.45) is -1.06. The van der Waals surface area contributed by atoms with Gasteiger partial charge in [0.25, 0.3) is 0 Å². The Kier molecular flexibility index (Phi) is 6.86. The molecule has 2 aromatic carbocycles. The van der Waals surface area contributed by atoms with Crippen LogP contribution in [0.3, 0.4) is 0 Å². The third kappa shape index (κ3) is 5.35. The molecule has 1 aliphatic heterocycles. The van der Waals surface area contributed by atoms with Crippen LogP contribution in [0.15, 0.2) is 54.6 Å². The first-order valence-corrected chi connectivity index (χ1v) is 9.92. The average molecular weight is 415 g/mol. The molecular formula is C20H21N3O5S. The van der Waals surface area contributed by atoms with Crippen LogP contribution in [0.25, 0.3) is 0 Å². The lowest BCUT2D eigenvalue weighted by Gasteiger charge is -2.34. The zero-order chi connectivity index (χ0) is 20.8. The Morgan fingerprint density at radius 3 is 2.45 bits per heavy atom. The van der Waals surface area contributed by atoms with Gasteiger partial charge in [-0.05, 0) is 29.8 Å². The van der Waals surface area contributed by atoms with Crippen molar-refractivity contribution in [3.05, 3.63) is 65.7 Å². The van der Waals surface area contributed by atoms with Gasteiger partial charge in [-0.1, -0.05) is 30.3 Å². The lowest BCUT2D eigenvalue weighted by molar-refractivity contribution is -0.129. The molecular weight excluding hydrogens is 394 g/mol. The highest BCUT2D eigenvalue weighted by Crippen LogP contribution is 2.24. The molecule has 152 valence electrons. The molecule has 0 spiro atoms. The first-order valence-electron chi connectivity index (χ1n) is 8.87. The van der Waals surface area contributed by atoms with E-state index in [1.165, 1.54) is 7.11 Å². The predicted octanol–water partition coefficient (Wildman–Crippen LogP) is 1.25. The van der Waals surface area contributed by atoms with Crippen molar-refractivity contribution >= 4 is 35.2 Å². The second-order valence-electron chi connectivity index (χ2n) is 6.32. The SMILES string of the molecule is COC(=O)c1ccc(NC(=O)CSC2NC(=O)C(c3ccccc3)C(O)N2)cc1. The van der Waals surface area contributed by atoms with Crippen molar-refractivity contribution in [2.24, 2.45) is 0 Å². The summed E-state index contributed by atoms with van der Waals surface area (Å²) in [7, 11) is 1.30. The Morgan fingerprint density at radius 1 is 1.14 bits per heavy atom. The second-order valence-corrected chi connectivity index (χ2v) is 7.41. The summed E-state index contributed by atoms with van der Waals surface area (Å²) in [6.45, 7) is 0. The number of hydrogen-bond donors (Lipinski definition) is 4. The third-order valence-electron chi connectivity index (χ3n) is 4.32. The third-order valence-corrected chi connectivity index (χ3v) is 5.34. The van der Waals surface area contributed by atoms with E-state index in [9.17, 15) is 19.5 Å². The number of carbonyl (C=O) groups excluding carboxylic acids is 3. The lowest BCUT2D eigenvalue weighted by atomic mass is 9.95. The minimum absolute atomic E-state index is 0.0550. The minimum atomic E-state index is -1.06. The van der Waals surface area contributed by atoms with Gasteiger partial charge in [0.2, 0.25) is 11.8 Å². The quantitative estimate of drug-likeness (QED) is 0.525. The molecule has 1 aliphatic rings. The van der Waals surface area contributed by atoms with Gasteiger partial charge in [-0.25, -0.2) is 4.79 Å². The van der Waals surface area contributed by atoms with E-state index in [0.29, 0.717) is 16.8 Å². The largest absolute Gasteiger partial charge is 0.465 e. The van der Waals surface area contributed by atoms with Crippen molar-refractivity contribution in [3.8, 4) is 0 Å². The number of aliphatic hydroxyl groups is 1. The van der Waals surface area contributed by atoms with Gasteiger partial charge >= 0.3 is 5.97 Å². The van der Waals surface area contributed by atoms with Crippen molar-refractivity contribution in [1.29, 1.82) is 0 Å². The summed E-state index contributed by atoms with van der Waals surface area (Å²) in [4.78, 5) is 36.0. The minimum Gasteiger partial charge on any atom is -0.465 e. The van der Waals surface area contributed by atoms with Crippen LogP contribution in [0.2, 0.25) is 0 Å². The van der Waals surface area contributed by atoms with Gasteiger partial charge in [0.1, 0.15) is 17.6 Å². The Morgan fingerprint density at radius 2 is 1.83 bits per heavy atom. The molecule has 0 radical (unpaired) electrons. The number of methoxy groups -OCH3 is 1. The molecule has 0 saturated carbocycles. The zero-order valence-electron chi connectivity index (χ0n) is 15.6. The monoisotopic (exact) mass is 415 g/mol. The van der Waals surface area contributed by atoms with E-state index in [1.807, 2.05) is 6.07 Å². The maximum Gasteiger partial charge on any atom is 0.337 e. The summed E-state index contributed by atoms with van der Waals surface area (Å²) in [5, 5.41) is 18.7. The van der Waals surface area contributed by atoms with Crippen molar-refractivity contribution < 1.29 is 24.2 Å². The highest BCUT2D eigenvalue weighted by atomic mass is 32.2. The topological polar surface area (TPSA) is 117 Å². The molecule has 3 atom stereocenters. The fourth-order valence-corrected chi connectivity index (χ4v) is 3.73. The fourth-order valence-electron chi connectivity index (χ4n) is 2.90. The standard InChI is InChI=1S/C20H21N3O5S/c1-28-19(27)13-7-9-14(10-8-13)21-15(24)11-29-20-22-17(25)16(18(26)23-20)12-5-3-2-4-6-12/h2-10,16-17,20,22,25H,11H2,1H3,(H,21,24)(H,23,26). The summed E-state index contributed by atoms with van der Waals surface area (Å²) in [5.74, 6) is -1.70. The van der Waals surface area contributed by atoms with Gasteiger partial charge in [-0.15, -0.1) is 11.8 Å². The molecule has 2 amide bonds. The maximum absolute atomic E-state index is 12.4. The van der Waals surface area contributed by atoms with E-state index < -0.39 is 23.6 Å². The predicted molar refractivity (Wildman–Crippen MR) is 109 cm³/mol. The Labute approximate surface area is 172 Å². The molecule has 4 N–H and O–H groups in total. The van der Waals surface area contributed by atoms with Crippen molar-refractivity contribution in [2.75, 3.05) is 18.2 Å². The molecule has 9 heteroatoms. The van der Waals surface area contributed by atoms with E-state index in [0.717, 1.165) is 11.8 Å². The highest BCUT2D eigenvalue weighted by Gasteiger charge is 2.36. The molecule has 1 heterocycles. The first-order chi connectivity index (χ1) is 14.0. The molecule has 2 aromatic rings. The van der Waals surface area contributed by atoms with Gasteiger partial charge < -0.3 is 20.5 Å². The number of nitrogens with one attached hydrogen (secondary N) is 3. The zero-order valence-corrected chi connectivity index (χ0v) is 16.4. The van der Waals surface area contributed by atoms with Crippen LogP contribution in [-0.2, 0) is 14.3 Å². The number of benzene rings is 2. The summed E-state index contributed by atoms with van der Waals surface area (Å²) in [6, 6.07) is 15.3. The van der Waals surface area contributed by atoms with Crippen LogP contribution in [0, 0.1) is 0 Å². The van der Waals surface area contributed by atoms with E-state index in [4.69, 9.17) is 0 Å². The molecule has 3 unspecified atom stereocenters. The van der Waals surface area contributed by atoms with Crippen LogP contribution in [0.5, 0.6) is 0 Å². The molecule has 1 fully saturated rings. The maximum atomic E-state index is 12.4. The van der Waals surface area contributed by atoms with Gasteiger partial charge in [-0.3, -0.25) is 14.9 Å². The first kappa shape index (κ1) is 20.8. The molecule has 8 nitrogen and oxygen atoms in total. The Bertz CT molecular complexity index is 875. The number of ether oxygens (including phenoxy) is 1. The smallest absolute Gasteiger partial charge is 0.337 e. The number of thioether (sulfide) groups is 1. The lowest BCUT2D eigenvalue weighted by Crippen LogP contribution is -2.59. The number of aliphatic hydroxyl groups excluding tert-OH is 1. The van der Waals surface area contributed by atoms with Gasteiger partial charge in [0, 0.05) is 5.69 Å². The molecule has 0 bridgehead atoms. The van der Waals surface area contributed by atoms with Crippen LogP contribution in [0.1, 0.15) is 21.8 Å². The number of amides is 2. The van der Waals surface area contributed by atoms with Crippen LogP contribution < -0.4 is 16.0 Å². The van der Waals surface area contributed by atoms with Crippen molar-refractivity contribution in [1.82, 2.24) is 10.6 Å². The van der Waals surface area contributed by atoms with Gasteiger partial charge in [-0.2, -0.15) is 0 Å². The number of esters is 1. The number of anilines is 1. The number of rotatable bonds is 6. The van der Waals surface area contributed by atoms with Crippen molar-refractivity contribution in [3.63, 3.8) is 0 Å². The van der Waals surface area contributed by atoms with E-state index in [-0.39, 0.29) is 17.6 Å². The summed E-state index contributed by atoms with van der Waals surface area (Å²) < 4.78 is 4.62. The second kappa shape index (κ2) is 9.55. The molecule has 3 rings (SSSR count). The Balaban J connectivity index is 1.50. The van der Waals surface area contributed by atoms with E-state index in [2.05, 4.69) is 20.7 Å². The molecule has 29 heavy (non-hydrogen) atoms.